The largest absolute Gasteiger partial charge is 0.337 e. The molecule has 2 aromatic rings. The average molecular weight is 363 g/mol. The van der Waals surface area contributed by atoms with Crippen LogP contribution in [0.5, 0.6) is 0 Å². The number of halogens is 1. The molecule has 7 heteroatoms. The fraction of sp³-hybridized carbons (Fsp3) is 0.353. The van der Waals surface area contributed by atoms with E-state index in [1.807, 2.05) is 29.2 Å². The van der Waals surface area contributed by atoms with E-state index in [1.54, 1.807) is 12.1 Å². The van der Waals surface area contributed by atoms with E-state index in [0.29, 0.717) is 28.2 Å². The fourth-order valence-corrected chi connectivity index (χ4v) is 3.67. The number of hydrogen-bond donors (Lipinski definition) is 1. The van der Waals surface area contributed by atoms with Crippen molar-refractivity contribution in [3.05, 3.63) is 47.1 Å². The molecule has 0 saturated carbocycles. The average Bonchev–Trinajstić information content (AvgIpc) is 2.64. The van der Waals surface area contributed by atoms with E-state index in [1.165, 1.54) is 11.8 Å². The van der Waals surface area contributed by atoms with E-state index in [-0.39, 0.29) is 5.91 Å². The van der Waals surface area contributed by atoms with Crippen molar-refractivity contribution in [2.75, 3.05) is 19.6 Å². The molecular formula is C17H19ClN4OS. The highest BCUT2D eigenvalue weighted by atomic mass is 35.5. The van der Waals surface area contributed by atoms with E-state index in [2.05, 4.69) is 10.2 Å². The number of carbonyl (C=O) groups excluding carboxylic acids is 1. The Morgan fingerprint density at radius 3 is 2.58 bits per heavy atom. The normalized spacial score (nSPS) is 15.5. The number of rotatable bonds is 4. The van der Waals surface area contributed by atoms with Gasteiger partial charge in [0.25, 0.3) is 5.91 Å². The minimum atomic E-state index is -0.0627. The zero-order valence-electron chi connectivity index (χ0n) is 13.2. The van der Waals surface area contributed by atoms with Crippen molar-refractivity contribution in [3.63, 3.8) is 0 Å². The van der Waals surface area contributed by atoms with Gasteiger partial charge in [-0.2, -0.15) is 0 Å². The lowest BCUT2D eigenvalue weighted by Gasteiger charge is -2.31. The van der Waals surface area contributed by atoms with Crippen LogP contribution < -0.4 is 5.73 Å². The molecule has 126 valence electrons. The summed E-state index contributed by atoms with van der Waals surface area (Å²) in [5, 5.41) is 9.62. The van der Waals surface area contributed by atoms with Crippen LogP contribution >= 0.6 is 23.4 Å². The number of benzene rings is 1. The van der Waals surface area contributed by atoms with Gasteiger partial charge in [0, 0.05) is 18.0 Å². The summed E-state index contributed by atoms with van der Waals surface area (Å²) in [6.45, 7) is 2.16. The van der Waals surface area contributed by atoms with E-state index < -0.39 is 0 Å². The third kappa shape index (κ3) is 4.06. The number of piperidine rings is 1. The van der Waals surface area contributed by atoms with Gasteiger partial charge in [-0.3, -0.25) is 4.79 Å². The number of amides is 1. The molecule has 2 heterocycles. The smallest absolute Gasteiger partial charge is 0.274 e. The van der Waals surface area contributed by atoms with Crippen LogP contribution in [0.25, 0.3) is 0 Å². The highest BCUT2D eigenvalue weighted by molar-refractivity contribution is 7.99. The zero-order valence-corrected chi connectivity index (χ0v) is 14.8. The predicted molar refractivity (Wildman–Crippen MR) is 95.3 cm³/mol. The summed E-state index contributed by atoms with van der Waals surface area (Å²) in [5.41, 5.74) is 6.07. The first-order valence-electron chi connectivity index (χ1n) is 7.93. The highest BCUT2D eigenvalue weighted by Crippen LogP contribution is 2.31. The number of hydrogen-bond acceptors (Lipinski definition) is 5. The van der Waals surface area contributed by atoms with Crippen molar-refractivity contribution in [1.29, 1.82) is 0 Å². The molecule has 0 radical (unpaired) electrons. The molecule has 1 aromatic carbocycles. The Kier molecular flexibility index (Phi) is 5.71. The second kappa shape index (κ2) is 7.96. The van der Waals surface area contributed by atoms with Crippen molar-refractivity contribution in [1.82, 2.24) is 15.1 Å². The molecule has 24 heavy (non-hydrogen) atoms. The summed E-state index contributed by atoms with van der Waals surface area (Å²) in [6.07, 6.45) is 1.91. The maximum Gasteiger partial charge on any atom is 0.274 e. The Labute approximate surface area is 150 Å². The Morgan fingerprint density at radius 1 is 1.21 bits per heavy atom. The summed E-state index contributed by atoms with van der Waals surface area (Å²) in [4.78, 5) is 15.2. The lowest BCUT2D eigenvalue weighted by molar-refractivity contribution is 0.0686. The van der Waals surface area contributed by atoms with Crippen LogP contribution in [0.2, 0.25) is 5.02 Å². The molecule has 1 aromatic heterocycles. The molecule has 0 bridgehead atoms. The Bertz CT molecular complexity index is 702. The molecule has 3 rings (SSSR count). The predicted octanol–water partition coefficient (Wildman–Crippen LogP) is 3.09. The number of aromatic nitrogens is 2. The molecule has 1 fully saturated rings. The van der Waals surface area contributed by atoms with Crippen molar-refractivity contribution >= 4 is 29.3 Å². The van der Waals surface area contributed by atoms with E-state index >= 15 is 0 Å². The highest BCUT2D eigenvalue weighted by Gasteiger charge is 2.23. The quantitative estimate of drug-likeness (QED) is 0.904. The topological polar surface area (TPSA) is 72.1 Å². The van der Waals surface area contributed by atoms with Gasteiger partial charge in [0.2, 0.25) is 0 Å². The molecule has 1 aliphatic heterocycles. The van der Waals surface area contributed by atoms with Gasteiger partial charge < -0.3 is 10.6 Å². The van der Waals surface area contributed by atoms with Gasteiger partial charge in [-0.05, 0) is 49.6 Å². The van der Waals surface area contributed by atoms with Crippen LogP contribution in [-0.4, -0.2) is 40.6 Å². The minimum absolute atomic E-state index is 0.0627. The molecule has 1 amide bonds. The van der Waals surface area contributed by atoms with Crippen LogP contribution in [0.3, 0.4) is 0 Å². The first-order valence-corrected chi connectivity index (χ1v) is 9.12. The van der Waals surface area contributed by atoms with Crippen LogP contribution in [-0.2, 0) is 0 Å². The van der Waals surface area contributed by atoms with Gasteiger partial charge in [0.05, 0.1) is 5.02 Å². The lowest BCUT2D eigenvalue weighted by atomic mass is 9.97. The van der Waals surface area contributed by atoms with Gasteiger partial charge in [0.1, 0.15) is 5.03 Å². The van der Waals surface area contributed by atoms with Gasteiger partial charge in [-0.1, -0.05) is 35.5 Å². The van der Waals surface area contributed by atoms with Crippen LogP contribution in [0.1, 0.15) is 23.3 Å². The summed E-state index contributed by atoms with van der Waals surface area (Å²) in [5.74, 6) is 0.460. The van der Waals surface area contributed by atoms with Crippen molar-refractivity contribution in [2.45, 2.75) is 22.8 Å². The molecule has 1 aliphatic rings. The minimum Gasteiger partial charge on any atom is -0.337 e. The summed E-state index contributed by atoms with van der Waals surface area (Å²) in [6, 6.07) is 11.1. The third-order valence-electron chi connectivity index (χ3n) is 4.15. The van der Waals surface area contributed by atoms with Crippen LogP contribution in [0.15, 0.2) is 46.3 Å². The van der Waals surface area contributed by atoms with Crippen molar-refractivity contribution in [3.8, 4) is 0 Å². The van der Waals surface area contributed by atoms with Gasteiger partial charge in [-0.15, -0.1) is 10.2 Å². The van der Waals surface area contributed by atoms with Gasteiger partial charge in [0.15, 0.2) is 5.69 Å². The van der Waals surface area contributed by atoms with E-state index in [9.17, 15) is 4.79 Å². The first kappa shape index (κ1) is 17.2. The number of carbonyl (C=O) groups is 1. The van der Waals surface area contributed by atoms with Gasteiger partial charge in [-0.25, -0.2) is 0 Å². The molecule has 0 spiro atoms. The second-order valence-corrected chi connectivity index (χ2v) is 7.23. The van der Waals surface area contributed by atoms with E-state index in [4.69, 9.17) is 17.3 Å². The van der Waals surface area contributed by atoms with Crippen molar-refractivity contribution < 1.29 is 4.79 Å². The Balaban J connectivity index is 1.64. The molecule has 5 nitrogen and oxygen atoms in total. The first-order chi connectivity index (χ1) is 11.7. The lowest BCUT2D eigenvalue weighted by Crippen LogP contribution is -2.40. The number of nitrogens with two attached hydrogens (primary N) is 1. The maximum atomic E-state index is 12.5. The second-order valence-electron chi connectivity index (χ2n) is 5.76. The Hall–Kier alpha value is -1.63. The monoisotopic (exact) mass is 362 g/mol. The number of likely N-dealkylation sites (tertiary alicyclic amines) is 1. The fourth-order valence-electron chi connectivity index (χ4n) is 2.66. The SMILES string of the molecule is NCC1CCN(C(=O)c2ccc(Sc3ccccc3Cl)nn2)CC1. The van der Waals surface area contributed by atoms with Gasteiger partial charge >= 0.3 is 0 Å². The third-order valence-corrected chi connectivity index (χ3v) is 5.59. The van der Waals surface area contributed by atoms with Crippen LogP contribution in [0.4, 0.5) is 0 Å². The van der Waals surface area contributed by atoms with Crippen molar-refractivity contribution in [2.24, 2.45) is 11.7 Å². The summed E-state index contributed by atoms with van der Waals surface area (Å²) < 4.78 is 0. The molecule has 0 aliphatic carbocycles. The standard InChI is InChI=1S/C17H19ClN4OS/c18-13-3-1-2-4-15(13)24-16-6-5-14(20-21-16)17(23)22-9-7-12(11-19)8-10-22/h1-6,12H,7-11,19H2. The molecular weight excluding hydrogens is 344 g/mol. The molecule has 0 unspecified atom stereocenters. The Morgan fingerprint density at radius 2 is 1.96 bits per heavy atom. The maximum absolute atomic E-state index is 12.5. The summed E-state index contributed by atoms with van der Waals surface area (Å²) >= 11 is 7.57. The zero-order chi connectivity index (χ0) is 16.9. The summed E-state index contributed by atoms with van der Waals surface area (Å²) in [7, 11) is 0. The van der Waals surface area contributed by atoms with Crippen LogP contribution in [0, 0.1) is 5.92 Å². The molecule has 2 N–H and O–H groups in total. The number of nitrogens with zero attached hydrogens (tertiary/aromatic N) is 3. The van der Waals surface area contributed by atoms with E-state index in [0.717, 1.165) is 30.8 Å². The molecule has 1 saturated heterocycles. The molecule has 0 atom stereocenters.